The molecule has 1 aromatic carbocycles. The predicted octanol–water partition coefficient (Wildman–Crippen LogP) is 3.78. The minimum atomic E-state index is -0.129. The van der Waals surface area contributed by atoms with E-state index in [1.54, 1.807) is 7.11 Å². The third-order valence-electron chi connectivity index (χ3n) is 2.29. The summed E-state index contributed by atoms with van der Waals surface area (Å²) in [5, 5.41) is 0.756. The van der Waals surface area contributed by atoms with Crippen LogP contribution in [-0.4, -0.2) is 25.9 Å². The van der Waals surface area contributed by atoms with Crippen LogP contribution in [0.3, 0.4) is 0 Å². The molecular weight excluding hydrogens is 296 g/mol. The largest absolute Gasteiger partial charge is 0.497 e. The molecule has 0 atom stereocenters. The van der Waals surface area contributed by atoms with Crippen LogP contribution in [0.4, 0.5) is 0 Å². The zero-order valence-corrected chi connectivity index (χ0v) is 13.0. The van der Waals surface area contributed by atoms with Gasteiger partial charge in [0.2, 0.25) is 0 Å². The first-order valence-corrected chi connectivity index (χ1v) is 7.08. The topological polar surface area (TPSA) is 27.7 Å². The number of benzene rings is 1. The monoisotopic (exact) mass is 316 g/mol. The molecular formula is C14H21BrO3. The molecule has 0 unspecified atom stereocenters. The molecule has 1 rings (SSSR count). The van der Waals surface area contributed by atoms with Gasteiger partial charge in [-0.2, -0.15) is 0 Å². The standard InChI is InChI=1S/C14H21BrO3/c1-14(2,3)18-8-7-17-13-9-12(16-4)6-5-11(13)10-15/h5-6,9H,7-8,10H2,1-4H3. The van der Waals surface area contributed by atoms with Crippen molar-refractivity contribution in [3.63, 3.8) is 0 Å². The van der Waals surface area contributed by atoms with Gasteiger partial charge in [0.05, 0.1) is 19.3 Å². The van der Waals surface area contributed by atoms with Crippen LogP contribution in [0.5, 0.6) is 11.5 Å². The number of methoxy groups -OCH3 is 1. The third kappa shape index (κ3) is 5.27. The highest BCUT2D eigenvalue weighted by Gasteiger charge is 2.10. The Morgan fingerprint density at radius 2 is 1.89 bits per heavy atom. The van der Waals surface area contributed by atoms with Crippen molar-refractivity contribution in [1.82, 2.24) is 0 Å². The first kappa shape index (κ1) is 15.3. The molecule has 3 nitrogen and oxygen atoms in total. The molecule has 0 saturated carbocycles. The summed E-state index contributed by atoms with van der Waals surface area (Å²) in [7, 11) is 1.65. The van der Waals surface area contributed by atoms with Crippen molar-refractivity contribution >= 4 is 15.9 Å². The smallest absolute Gasteiger partial charge is 0.127 e. The Hall–Kier alpha value is -0.740. The molecule has 0 heterocycles. The fourth-order valence-electron chi connectivity index (χ4n) is 1.41. The van der Waals surface area contributed by atoms with Gasteiger partial charge in [-0.15, -0.1) is 0 Å². The summed E-state index contributed by atoms with van der Waals surface area (Å²) in [6.07, 6.45) is 0. The third-order valence-corrected chi connectivity index (χ3v) is 2.90. The minimum Gasteiger partial charge on any atom is -0.497 e. The molecule has 0 aromatic heterocycles. The number of ether oxygens (including phenoxy) is 3. The number of rotatable bonds is 6. The van der Waals surface area contributed by atoms with Crippen LogP contribution in [0, 0.1) is 0 Å². The molecule has 1 aromatic rings. The van der Waals surface area contributed by atoms with Crippen molar-refractivity contribution in [2.75, 3.05) is 20.3 Å². The summed E-state index contributed by atoms with van der Waals surface area (Å²) in [5.74, 6) is 1.63. The van der Waals surface area contributed by atoms with E-state index in [0.29, 0.717) is 13.2 Å². The highest BCUT2D eigenvalue weighted by molar-refractivity contribution is 9.08. The molecule has 0 fully saturated rings. The lowest BCUT2D eigenvalue weighted by molar-refractivity contribution is -0.0163. The quantitative estimate of drug-likeness (QED) is 0.590. The van der Waals surface area contributed by atoms with Gasteiger partial charge in [-0.05, 0) is 26.8 Å². The van der Waals surface area contributed by atoms with E-state index >= 15 is 0 Å². The fourth-order valence-corrected chi connectivity index (χ4v) is 1.87. The highest BCUT2D eigenvalue weighted by atomic mass is 79.9. The van der Waals surface area contributed by atoms with E-state index in [0.717, 1.165) is 22.4 Å². The average molecular weight is 317 g/mol. The van der Waals surface area contributed by atoms with Gasteiger partial charge in [-0.1, -0.05) is 22.0 Å². The van der Waals surface area contributed by atoms with Crippen molar-refractivity contribution < 1.29 is 14.2 Å². The van der Waals surface area contributed by atoms with Crippen LogP contribution in [0.15, 0.2) is 18.2 Å². The van der Waals surface area contributed by atoms with Gasteiger partial charge in [0, 0.05) is 17.0 Å². The molecule has 102 valence electrons. The summed E-state index contributed by atoms with van der Waals surface area (Å²) in [6, 6.07) is 5.82. The van der Waals surface area contributed by atoms with Gasteiger partial charge in [0.15, 0.2) is 0 Å². The number of halogens is 1. The zero-order valence-electron chi connectivity index (χ0n) is 11.5. The normalized spacial score (nSPS) is 11.4. The molecule has 0 aliphatic rings. The van der Waals surface area contributed by atoms with Crippen LogP contribution in [0.1, 0.15) is 26.3 Å². The van der Waals surface area contributed by atoms with E-state index in [-0.39, 0.29) is 5.60 Å². The second kappa shape index (κ2) is 7.00. The van der Waals surface area contributed by atoms with E-state index in [4.69, 9.17) is 14.2 Å². The summed E-state index contributed by atoms with van der Waals surface area (Å²) in [6.45, 7) is 7.19. The molecule has 18 heavy (non-hydrogen) atoms. The molecule has 0 spiro atoms. The van der Waals surface area contributed by atoms with Crippen molar-refractivity contribution in [3.05, 3.63) is 23.8 Å². The summed E-state index contributed by atoms with van der Waals surface area (Å²) in [5.41, 5.74) is 0.974. The molecule has 0 amide bonds. The van der Waals surface area contributed by atoms with E-state index in [1.165, 1.54) is 0 Å². The van der Waals surface area contributed by atoms with Crippen LogP contribution in [0.25, 0.3) is 0 Å². The molecule has 0 aliphatic heterocycles. The highest BCUT2D eigenvalue weighted by Crippen LogP contribution is 2.26. The summed E-state index contributed by atoms with van der Waals surface area (Å²) >= 11 is 3.44. The summed E-state index contributed by atoms with van der Waals surface area (Å²) < 4.78 is 16.5. The zero-order chi connectivity index (χ0) is 13.6. The molecule has 0 N–H and O–H groups in total. The lowest BCUT2D eigenvalue weighted by Crippen LogP contribution is -2.22. The van der Waals surface area contributed by atoms with Crippen molar-refractivity contribution in [1.29, 1.82) is 0 Å². The van der Waals surface area contributed by atoms with Crippen LogP contribution in [0.2, 0.25) is 0 Å². The van der Waals surface area contributed by atoms with Gasteiger partial charge in [0.25, 0.3) is 0 Å². The Labute approximate surface area is 118 Å². The van der Waals surface area contributed by atoms with Gasteiger partial charge >= 0.3 is 0 Å². The van der Waals surface area contributed by atoms with E-state index in [1.807, 2.05) is 39.0 Å². The molecule has 0 radical (unpaired) electrons. The Bertz CT molecular complexity index is 372. The average Bonchev–Trinajstić information content (AvgIpc) is 2.33. The van der Waals surface area contributed by atoms with Gasteiger partial charge in [0.1, 0.15) is 18.1 Å². The molecule has 0 bridgehead atoms. The Balaban J connectivity index is 2.54. The maximum absolute atomic E-state index is 5.73. The van der Waals surface area contributed by atoms with Crippen LogP contribution < -0.4 is 9.47 Å². The van der Waals surface area contributed by atoms with Crippen molar-refractivity contribution in [2.24, 2.45) is 0 Å². The lowest BCUT2D eigenvalue weighted by atomic mass is 10.2. The van der Waals surface area contributed by atoms with E-state index < -0.39 is 0 Å². The van der Waals surface area contributed by atoms with Crippen molar-refractivity contribution in [3.8, 4) is 11.5 Å². The van der Waals surface area contributed by atoms with Crippen LogP contribution in [-0.2, 0) is 10.1 Å². The first-order chi connectivity index (χ1) is 8.46. The van der Waals surface area contributed by atoms with Gasteiger partial charge < -0.3 is 14.2 Å². The molecule has 0 saturated heterocycles. The predicted molar refractivity (Wildman–Crippen MR) is 76.8 cm³/mol. The van der Waals surface area contributed by atoms with E-state index in [2.05, 4.69) is 15.9 Å². The van der Waals surface area contributed by atoms with Crippen LogP contribution >= 0.6 is 15.9 Å². The van der Waals surface area contributed by atoms with Crippen molar-refractivity contribution in [2.45, 2.75) is 31.7 Å². The molecule has 4 heteroatoms. The van der Waals surface area contributed by atoms with Gasteiger partial charge in [-0.3, -0.25) is 0 Å². The number of alkyl halides is 1. The lowest BCUT2D eigenvalue weighted by Gasteiger charge is -2.20. The second-order valence-corrected chi connectivity index (χ2v) is 5.48. The first-order valence-electron chi connectivity index (χ1n) is 5.96. The Kier molecular flexibility index (Phi) is 5.96. The number of hydrogen-bond acceptors (Lipinski definition) is 3. The maximum Gasteiger partial charge on any atom is 0.127 e. The summed E-state index contributed by atoms with van der Waals surface area (Å²) in [4.78, 5) is 0. The Morgan fingerprint density at radius 1 is 1.17 bits per heavy atom. The number of hydrogen-bond donors (Lipinski definition) is 0. The SMILES string of the molecule is COc1ccc(CBr)c(OCCOC(C)(C)C)c1. The van der Waals surface area contributed by atoms with E-state index in [9.17, 15) is 0 Å². The minimum absolute atomic E-state index is 0.129. The molecule has 0 aliphatic carbocycles. The maximum atomic E-state index is 5.73. The second-order valence-electron chi connectivity index (χ2n) is 4.92. The fraction of sp³-hybridized carbons (Fsp3) is 0.571. The Morgan fingerprint density at radius 3 is 2.44 bits per heavy atom. The van der Waals surface area contributed by atoms with Gasteiger partial charge in [-0.25, -0.2) is 0 Å².